The molecule has 1 heterocycles. The third-order valence-electron chi connectivity index (χ3n) is 6.43. The number of carbonyl (C=O) groups excluding carboxylic acids is 3. The number of benzene rings is 4. The Hall–Kier alpha value is -4.13. The molecule has 0 bridgehead atoms. The van der Waals surface area contributed by atoms with Gasteiger partial charge in [0.2, 0.25) is 16.2 Å². The Morgan fingerprint density at radius 3 is 2.17 bits per heavy atom. The van der Waals surface area contributed by atoms with Crippen molar-refractivity contribution in [3.8, 4) is 0 Å². The number of thioether (sulfide) groups is 2. The maximum Gasteiger partial charge on any atom is 0.272 e. The van der Waals surface area contributed by atoms with E-state index in [0.29, 0.717) is 37.1 Å². The lowest BCUT2D eigenvalue weighted by molar-refractivity contribution is -0.116. The number of amides is 3. The fraction of sp³-hybridized carbons (Fsp3) is 0.0882. The van der Waals surface area contributed by atoms with E-state index in [1.54, 1.807) is 72.8 Å². The molecule has 0 aliphatic carbocycles. The SMILES string of the molecule is CCSc1nsc(NC(=O)C(Sc2ccc(NC(=O)/C(=C/c3c(Cl)cccc3Cl)NC(=O)c3ccccc3)cc2)c2ccccc2)n1. The minimum atomic E-state index is -0.579. The summed E-state index contributed by atoms with van der Waals surface area (Å²) in [4.78, 5) is 45.1. The molecule has 0 aliphatic heterocycles. The Balaban J connectivity index is 1.33. The second kappa shape index (κ2) is 16.6. The van der Waals surface area contributed by atoms with Crippen LogP contribution in [0.2, 0.25) is 10.0 Å². The molecule has 0 radical (unpaired) electrons. The molecule has 0 saturated carbocycles. The lowest BCUT2D eigenvalue weighted by Gasteiger charge is -2.16. The molecule has 0 fully saturated rings. The Labute approximate surface area is 294 Å². The van der Waals surface area contributed by atoms with Crippen LogP contribution in [-0.2, 0) is 9.59 Å². The largest absolute Gasteiger partial charge is 0.321 e. The predicted molar refractivity (Wildman–Crippen MR) is 193 cm³/mol. The van der Waals surface area contributed by atoms with Crippen LogP contribution in [0.5, 0.6) is 0 Å². The van der Waals surface area contributed by atoms with E-state index in [-0.39, 0.29) is 11.6 Å². The van der Waals surface area contributed by atoms with Crippen molar-refractivity contribution in [2.75, 3.05) is 16.4 Å². The van der Waals surface area contributed by atoms with Crippen LogP contribution in [0.1, 0.15) is 33.7 Å². The molecular formula is C34H27Cl2N5O3S3. The first kappa shape index (κ1) is 34.2. The molecule has 0 aliphatic rings. The van der Waals surface area contributed by atoms with Crippen molar-refractivity contribution in [3.05, 3.63) is 136 Å². The van der Waals surface area contributed by atoms with Gasteiger partial charge in [-0.05, 0) is 65.9 Å². The molecule has 3 N–H and O–H groups in total. The zero-order chi connectivity index (χ0) is 33.2. The minimum Gasteiger partial charge on any atom is -0.321 e. The molecule has 0 saturated heterocycles. The van der Waals surface area contributed by atoms with Crippen LogP contribution in [-0.4, -0.2) is 32.8 Å². The number of rotatable bonds is 12. The molecule has 47 heavy (non-hydrogen) atoms. The van der Waals surface area contributed by atoms with Crippen LogP contribution in [0, 0.1) is 0 Å². The van der Waals surface area contributed by atoms with E-state index in [4.69, 9.17) is 23.2 Å². The Kier molecular flexibility index (Phi) is 12.1. The maximum atomic E-state index is 13.5. The second-order valence-corrected chi connectivity index (χ2v) is 13.7. The molecule has 13 heteroatoms. The number of halogens is 2. The highest BCUT2D eigenvalue weighted by molar-refractivity contribution is 8.00. The highest BCUT2D eigenvalue weighted by atomic mass is 35.5. The smallest absolute Gasteiger partial charge is 0.272 e. The summed E-state index contributed by atoms with van der Waals surface area (Å²) in [5.74, 6) is -0.450. The maximum absolute atomic E-state index is 13.5. The van der Waals surface area contributed by atoms with Gasteiger partial charge in [0.05, 0.1) is 0 Å². The summed E-state index contributed by atoms with van der Waals surface area (Å²) < 4.78 is 4.28. The second-order valence-electron chi connectivity index (χ2n) is 9.70. The number of nitrogens with one attached hydrogen (secondary N) is 3. The van der Waals surface area contributed by atoms with E-state index in [0.717, 1.165) is 27.7 Å². The summed E-state index contributed by atoms with van der Waals surface area (Å²) in [6.07, 6.45) is 1.44. The van der Waals surface area contributed by atoms with Crippen molar-refractivity contribution in [2.24, 2.45) is 0 Å². The minimum absolute atomic E-state index is 0.0507. The van der Waals surface area contributed by atoms with Gasteiger partial charge in [0.1, 0.15) is 10.9 Å². The van der Waals surface area contributed by atoms with Crippen molar-refractivity contribution < 1.29 is 14.4 Å². The number of carbonyl (C=O) groups is 3. The first-order chi connectivity index (χ1) is 22.8. The molecule has 5 aromatic rings. The number of hydrogen-bond donors (Lipinski definition) is 3. The van der Waals surface area contributed by atoms with E-state index in [1.807, 2.05) is 37.3 Å². The topological polar surface area (TPSA) is 113 Å². The van der Waals surface area contributed by atoms with Gasteiger partial charge in [-0.3, -0.25) is 19.7 Å². The fourth-order valence-electron chi connectivity index (χ4n) is 4.21. The van der Waals surface area contributed by atoms with Crippen molar-refractivity contribution in [2.45, 2.75) is 22.2 Å². The van der Waals surface area contributed by atoms with E-state index >= 15 is 0 Å². The van der Waals surface area contributed by atoms with Crippen molar-refractivity contribution in [3.63, 3.8) is 0 Å². The van der Waals surface area contributed by atoms with Crippen LogP contribution >= 0.6 is 58.3 Å². The molecule has 8 nitrogen and oxygen atoms in total. The molecule has 3 amide bonds. The number of aromatic nitrogens is 2. The van der Waals surface area contributed by atoms with Gasteiger partial charge in [0.15, 0.2) is 0 Å². The van der Waals surface area contributed by atoms with Gasteiger partial charge in [-0.25, -0.2) is 0 Å². The number of nitrogens with zero attached hydrogens (tertiary/aromatic N) is 2. The predicted octanol–water partition coefficient (Wildman–Crippen LogP) is 8.84. The van der Waals surface area contributed by atoms with Crippen LogP contribution in [0.25, 0.3) is 6.08 Å². The fourth-order valence-corrected chi connectivity index (χ4v) is 7.01. The molecule has 5 rings (SSSR count). The molecule has 0 spiro atoms. The lowest BCUT2D eigenvalue weighted by atomic mass is 10.1. The van der Waals surface area contributed by atoms with Crippen LogP contribution < -0.4 is 16.0 Å². The third kappa shape index (κ3) is 9.46. The quantitative estimate of drug-likeness (QED) is 0.0872. The lowest BCUT2D eigenvalue weighted by Crippen LogP contribution is -2.30. The Bertz CT molecular complexity index is 1870. The summed E-state index contributed by atoms with van der Waals surface area (Å²) in [6, 6.07) is 30.0. The summed E-state index contributed by atoms with van der Waals surface area (Å²) in [5.41, 5.74) is 2.01. The van der Waals surface area contributed by atoms with Gasteiger partial charge in [0, 0.05) is 43.3 Å². The van der Waals surface area contributed by atoms with Gasteiger partial charge >= 0.3 is 0 Å². The van der Waals surface area contributed by atoms with E-state index in [1.165, 1.54) is 29.6 Å². The Morgan fingerprint density at radius 2 is 1.51 bits per heavy atom. The third-order valence-corrected chi connectivity index (χ3v) is 9.84. The average molecular weight is 721 g/mol. The van der Waals surface area contributed by atoms with E-state index in [9.17, 15) is 14.4 Å². The summed E-state index contributed by atoms with van der Waals surface area (Å²) in [6.45, 7) is 2.01. The first-order valence-electron chi connectivity index (χ1n) is 14.2. The monoisotopic (exact) mass is 719 g/mol. The summed E-state index contributed by atoms with van der Waals surface area (Å²) >= 11 is 16.7. The zero-order valence-corrected chi connectivity index (χ0v) is 28.7. The average Bonchev–Trinajstić information content (AvgIpc) is 3.52. The van der Waals surface area contributed by atoms with Crippen LogP contribution in [0.4, 0.5) is 10.8 Å². The van der Waals surface area contributed by atoms with Crippen molar-refractivity contribution >= 4 is 92.9 Å². The van der Waals surface area contributed by atoms with E-state index in [2.05, 4.69) is 25.3 Å². The van der Waals surface area contributed by atoms with Crippen LogP contribution in [0.3, 0.4) is 0 Å². The van der Waals surface area contributed by atoms with Crippen LogP contribution in [0.15, 0.2) is 119 Å². The molecular weight excluding hydrogens is 694 g/mol. The summed E-state index contributed by atoms with van der Waals surface area (Å²) in [5, 5.41) is 9.54. The van der Waals surface area contributed by atoms with Gasteiger partial charge in [-0.1, -0.05) is 96.5 Å². The normalized spacial score (nSPS) is 11.9. The highest BCUT2D eigenvalue weighted by Crippen LogP contribution is 2.37. The van der Waals surface area contributed by atoms with Gasteiger partial charge in [-0.2, -0.15) is 9.36 Å². The molecule has 238 valence electrons. The Morgan fingerprint density at radius 1 is 0.851 bits per heavy atom. The van der Waals surface area contributed by atoms with Gasteiger partial charge < -0.3 is 10.6 Å². The molecule has 1 unspecified atom stereocenters. The standard InChI is InChI=1S/C34H27Cl2N5O3S3/c1-2-45-34-40-33(47-41-34)39-32(44)29(21-10-5-3-6-11-21)46-24-18-16-23(17-19-24)37-31(43)28(20-25-26(35)14-9-15-27(25)36)38-30(42)22-12-7-4-8-13-22/h3-20,29H,2H2,1H3,(H,37,43)(H,38,42)(H,39,40,41,44)/b28-20-. The zero-order valence-electron chi connectivity index (χ0n) is 24.8. The molecule has 1 atom stereocenters. The number of hydrogen-bond acceptors (Lipinski definition) is 8. The van der Waals surface area contributed by atoms with E-state index < -0.39 is 17.1 Å². The number of anilines is 2. The summed E-state index contributed by atoms with van der Waals surface area (Å²) in [7, 11) is 0. The van der Waals surface area contributed by atoms with Crippen molar-refractivity contribution in [1.82, 2.24) is 14.7 Å². The highest BCUT2D eigenvalue weighted by Gasteiger charge is 2.24. The molecule has 1 aromatic heterocycles. The van der Waals surface area contributed by atoms with Gasteiger partial charge in [0.25, 0.3) is 11.8 Å². The van der Waals surface area contributed by atoms with Crippen molar-refractivity contribution in [1.29, 1.82) is 0 Å². The van der Waals surface area contributed by atoms with Gasteiger partial charge in [-0.15, -0.1) is 11.8 Å². The first-order valence-corrected chi connectivity index (χ1v) is 17.6. The molecule has 4 aromatic carbocycles.